The fraction of sp³-hybridized carbons (Fsp3) is 0.250. The predicted octanol–water partition coefficient (Wildman–Crippen LogP) is 2.33. The van der Waals surface area contributed by atoms with Crippen molar-refractivity contribution in [2.75, 3.05) is 7.11 Å². The second-order valence-electron chi connectivity index (χ2n) is 3.99. The first-order valence-corrected chi connectivity index (χ1v) is 8.06. The third-order valence-electron chi connectivity index (χ3n) is 2.59. The molecule has 0 radical (unpaired) electrons. The maximum atomic E-state index is 13.6. The lowest BCUT2D eigenvalue weighted by atomic mass is 10.2. The second-order valence-corrected chi connectivity index (χ2v) is 6.82. The number of nitrogens with zero attached hydrogens (tertiary/aromatic N) is 1. The Bertz CT molecular complexity index is 700. The molecule has 1 atom stereocenters. The average Bonchev–Trinajstić information content (AvgIpc) is 2.87. The van der Waals surface area contributed by atoms with Crippen LogP contribution < -0.4 is 9.46 Å². The Labute approximate surface area is 120 Å². The molecule has 0 spiro atoms. The molecule has 8 heteroatoms. The molecule has 0 fully saturated rings. The maximum absolute atomic E-state index is 13.6. The number of thiophene rings is 1. The van der Waals surface area contributed by atoms with E-state index in [9.17, 15) is 12.8 Å². The molecule has 0 aliphatic heterocycles. The van der Waals surface area contributed by atoms with Gasteiger partial charge in [0, 0.05) is 6.20 Å². The van der Waals surface area contributed by atoms with Crippen LogP contribution in [0, 0.1) is 5.82 Å². The molecule has 0 amide bonds. The Morgan fingerprint density at radius 2 is 2.20 bits per heavy atom. The van der Waals surface area contributed by atoms with E-state index in [0.29, 0.717) is 0 Å². The standard InChI is InChI=1S/C12H13FN2O3S2/c1-8(11-9(13)4-3-6-14-11)15-20(16,17)12-10(18-2)5-7-19-12/h3-8,15H,1-2H3/t8-/m1/s1. The van der Waals surface area contributed by atoms with Crippen LogP contribution in [0.25, 0.3) is 0 Å². The van der Waals surface area contributed by atoms with E-state index in [0.717, 1.165) is 11.3 Å². The van der Waals surface area contributed by atoms with Crippen molar-refractivity contribution in [1.29, 1.82) is 0 Å². The lowest BCUT2D eigenvalue weighted by Gasteiger charge is -2.14. The number of hydrogen-bond acceptors (Lipinski definition) is 5. The summed E-state index contributed by atoms with van der Waals surface area (Å²) in [4.78, 5) is 3.86. The van der Waals surface area contributed by atoms with Crippen molar-refractivity contribution in [2.24, 2.45) is 0 Å². The van der Waals surface area contributed by atoms with Gasteiger partial charge in [-0.25, -0.2) is 17.5 Å². The zero-order chi connectivity index (χ0) is 14.8. The minimum atomic E-state index is -3.79. The van der Waals surface area contributed by atoms with Gasteiger partial charge in [-0.1, -0.05) is 0 Å². The molecular weight excluding hydrogens is 303 g/mol. The first kappa shape index (κ1) is 14.9. The Hall–Kier alpha value is -1.51. The molecule has 108 valence electrons. The van der Waals surface area contributed by atoms with Gasteiger partial charge in [0.25, 0.3) is 10.0 Å². The number of ether oxygens (including phenoxy) is 1. The van der Waals surface area contributed by atoms with Crippen molar-refractivity contribution in [3.8, 4) is 5.75 Å². The van der Waals surface area contributed by atoms with Gasteiger partial charge >= 0.3 is 0 Å². The van der Waals surface area contributed by atoms with Crippen LogP contribution in [0.15, 0.2) is 34.0 Å². The van der Waals surface area contributed by atoms with Crippen LogP contribution in [0.3, 0.4) is 0 Å². The highest BCUT2D eigenvalue weighted by Gasteiger charge is 2.25. The summed E-state index contributed by atoms with van der Waals surface area (Å²) in [7, 11) is -2.40. The summed E-state index contributed by atoms with van der Waals surface area (Å²) in [5.41, 5.74) is 0.0478. The van der Waals surface area contributed by atoms with E-state index in [1.165, 1.54) is 32.4 Å². The highest BCUT2D eigenvalue weighted by Crippen LogP contribution is 2.30. The van der Waals surface area contributed by atoms with Gasteiger partial charge in [0.15, 0.2) is 4.21 Å². The number of aromatic nitrogens is 1. The monoisotopic (exact) mass is 316 g/mol. The fourth-order valence-corrected chi connectivity index (χ4v) is 4.19. The first-order valence-electron chi connectivity index (χ1n) is 5.70. The fourth-order valence-electron chi connectivity index (χ4n) is 1.69. The van der Waals surface area contributed by atoms with Gasteiger partial charge in [0.05, 0.1) is 18.8 Å². The van der Waals surface area contributed by atoms with Crippen molar-refractivity contribution >= 4 is 21.4 Å². The summed E-state index contributed by atoms with van der Waals surface area (Å²) in [5.74, 6) is -0.294. The van der Waals surface area contributed by atoms with Crippen LogP contribution in [0.4, 0.5) is 4.39 Å². The van der Waals surface area contributed by atoms with E-state index < -0.39 is 21.9 Å². The van der Waals surface area contributed by atoms with Gasteiger partial charge in [-0.15, -0.1) is 11.3 Å². The minimum absolute atomic E-state index is 0.0478. The summed E-state index contributed by atoms with van der Waals surface area (Å²) in [6, 6.07) is 3.46. The van der Waals surface area contributed by atoms with E-state index in [2.05, 4.69) is 9.71 Å². The smallest absolute Gasteiger partial charge is 0.254 e. The van der Waals surface area contributed by atoms with Gasteiger partial charge in [-0.3, -0.25) is 4.98 Å². The summed E-state index contributed by atoms with van der Waals surface area (Å²) in [6.45, 7) is 1.53. The lowest BCUT2D eigenvalue weighted by molar-refractivity contribution is 0.406. The van der Waals surface area contributed by atoms with Crippen LogP contribution >= 0.6 is 11.3 Å². The van der Waals surface area contributed by atoms with Crippen LogP contribution in [0.1, 0.15) is 18.7 Å². The van der Waals surface area contributed by atoms with E-state index in [-0.39, 0.29) is 15.7 Å². The number of rotatable bonds is 5. The molecule has 0 aliphatic rings. The zero-order valence-corrected chi connectivity index (χ0v) is 12.5. The summed E-state index contributed by atoms with van der Waals surface area (Å²) < 4.78 is 45.5. The van der Waals surface area contributed by atoms with Gasteiger partial charge < -0.3 is 4.74 Å². The Balaban J connectivity index is 2.27. The zero-order valence-electron chi connectivity index (χ0n) is 10.8. The third kappa shape index (κ3) is 2.97. The normalized spacial score (nSPS) is 13.2. The summed E-state index contributed by atoms with van der Waals surface area (Å²) >= 11 is 1.03. The Morgan fingerprint density at radius 1 is 1.45 bits per heavy atom. The second kappa shape index (κ2) is 5.86. The largest absolute Gasteiger partial charge is 0.494 e. The highest BCUT2D eigenvalue weighted by atomic mass is 32.2. The van der Waals surface area contributed by atoms with Crippen LogP contribution in [0.5, 0.6) is 5.75 Å². The quantitative estimate of drug-likeness (QED) is 0.919. The van der Waals surface area contributed by atoms with Crippen LogP contribution in [0.2, 0.25) is 0 Å². The minimum Gasteiger partial charge on any atom is -0.494 e. The van der Waals surface area contributed by atoms with Crippen molar-refractivity contribution in [3.63, 3.8) is 0 Å². The van der Waals surface area contributed by atoms with Crippen molar-refractivity contribution in [3.05, 3.63) is 41.3 Å². The Morgan fingerprint density at radius 3 is 2.85 bits per heavy atom. The molecule has 0 saturated carbocycles. The molecule has 0 aromatic carbocycles. The third-order valence-corrected chi connectivity index (χ3v) is 5.58. The molecule has 2 aromatic rings. The predicted molar refractivity (Wildman–Crippen MR) is 73.8 cm³/mol. The van der Waals surface area contributed by atoms with Gasteiger partial charge in [0.1, 0.15) is 11.6 Å². The molecule has 2 heterocycles. The number of sulfonamides is 1. The van der Waals surface area contributed by atoms with Crippen molar-refractivity contribution in [2.45, 2.75) is 17.2 Å². The number of pyridine rings is 1. The number of methoxy groups -OCH3 is 1. The molecular formula is C12H13FN2O3S2. The van der Waals surface area contributed by atoms with Gasteiger partial charge in [-0.05, 0) is 30.5 Å². The SMILES string of the molecule is COc1ccsc1S(=O)(=O)N[C@H](C)c1ncccc1F. The van der Waals surface area contributed by atoms with Crippen molar-refractivity contribution < 1.29 is 17.5 Å². The van der Waals surface area contributed by atoms with E-state index in [1.807, 2.05) is 0 Å². The van der Waals surface area contributed by atoms with Gasteiger partial charge in [0.2, 0.25) is 0 Å². The van der Waals surface area contributed by atoms with Crippen molar-refractivity contribution in [1.82, 2.24) is 9.71 Å². The number of nitrogens with one attached hydrogen (secondary N) is 1. The molecule has 20 heavy (non-hydrogen) atoms. The molecule has 0 saturated heterocycles. The number of hydrogen-bond donors (Lipinski definition) is 1. The topological polar surface area (TPSA) is 68.3 Å². The molecule has 2 rings (SSSR count). The molecule has 5 nitrogen and oxygen atoms in total. The lowest BCUT2D eigenvalue weighted by Crippen LogP contribution is -2.27. The van der Waals surface area contributed by atoms with Crippen LogP contribution in [-0.2, 0) is 10.0 Å². The molecule has 0 bridgehead atoms. The number of halogens is 1. The summed E-state index contributed by atoms with van der Waals surface area (Å²) in [6.07, 6.45) is 1.41. The highest BCUT2D eigenvalue weighted by molar-refractivity contribution is 7.91. The molecule has 2 aromatic heterocycles. The maximum Gasteiger partial charge on any atom is 0.254 e. The molecule has 0 aliphatic carbocycles. The van der Waals surface area contributed by atoms with Crippen LogP contribution in [-0.4, -0.2) is 20.5 Å². The molecule has 1 N–H and O–H groups in total. The average molecular weight is 316 g/mol. The van der Waals surface area contributed by atoms with E-state index in [4.69, 9.17) is 4.74 Å². The summed E-state index contributed by atoms with van der Waals surface area (Å²) in [5, 5.41) is 1.61. The first-order chi connectivity index (χ1) is 9.45. The van der Waals surface area contributed by atoms with E-state index >= 15 is 0 Å². The molecule has 0 unspecified atom stereocenters. The Kier molecular flexibility index (Phi) is 4.36. The van der Waals surface area contributed by atoms with E-state index in [1.54, 1.807) is 11.4 Å². The van der Waals surface area contributed by atoms with Gasteiger partial charge in [-0.2, -0.15) is 0 Å².